The third kappa shape index (κ3) is 2.66. The van der Waals surface area contributed by atoms with Gasteiger partial charge in [-0.3, -0.25) is 9.59 Å². The Balaban J connectivity index is 1.80. The third-order valence-corrected chi connectivity index (χ3v) is 3.97. The highest BCUT2D eigenvalue weighted by atomic mass is 16.5. The average molecular weight is 304 g/mol. The monoisotopic (exact) mass is 304 g/mol. The molecule has 3 rings (SSSR count). The average Bonchev–Trinajstić information content (AvgIpc) is 3.03. The molecule has 2 amide bonds. The predicted molar refractivity (Wildman–Crippen MR) is 82.2 cm³/mol. The van der Waals surface area contributed by atoms with Gasteiger partial charge in [0.05, 0.1) is 5.69 Å². The number of carbonyl (C=O) groups is 2. The van der Waals surface area contributed by atoms with Gasteiger partial charge in [-0.15, -0.1) is 0 Å². The van der Waals surface area contributed by atoms with Gasteiger partial charge in [0.2, 0.25) is 0 Å². The molecule has 1 aromatic carbocycles. The van der Waals surface area contributed by atoms with E-state index in [1.54, 1.807) is 30.0 Å². The molecule has 0 radical (unpaired) electrons. The molecule has 118 valence electrons. The van der Waals surface area contributed by atoms with E-state index in [2.05, 4.69) is 5.32 Å². The van der Waals surface area contributed by atoms with Crippen molar-refractivity contribution in [2.24, 2.45) is 0 Å². The number of fused-ring (bicyclic) bond motifs is 1. The highest BCUT2D eigenvalue weighted by molar-refractivity contribution is 6.01. The van der Waals surface area contributed by atoms with Crippen molar-refractivity contribution < 1.29 is 19.1 Å². The van der Waals surface area contributed by atoms with E-state index in [1.165, 1.54) is 0 Å². The number of nitrogens with one attached hydrogen (secondary N) is 1. The van der Waals surface area contributed by atoms with Crippen LogP contribution >= 0.6 is 0 Å². The molecule has 2 atom stereocenters. The Hall–Kier alpha value is -2.08. The molecule has 6 heteroatoms. The summed E-state index contributed by atoms with van der Waals surface area (Å²) < 4.78 is 11.0. The van der Waals surface area contributed by atoms with Gasteiger partial charge in [0.1, 0.15) is 11.9 Å². The van der Waals surface area contributed by atoms with E-state index in [0.29, 0.717) is 24.6 Å². The van der Waals surface area contributed by atoms with E-state index in [1.807, 2.05) is 6.92 Å². The maximum Gasteiger partial charge on any atom is 0.267 e. The SMILES string of the molecule is CCN1C(=O)C(C)Oc2cc(NC(=O)C3CCCO3)ccc21. The molecule has 1 fully saturated rings. The predicted octanol–water partition coefficient (Wildman–Crippen LogP) is 1.94. The van der Waals surface area contributed by atoms with Crippen LogP contribution in [0, 0.1) is 0 Å². The summed E-state index contributed by atoms with van der Waals surface area (Å²) in [5.74, 6) is 0.426. The first-order valence-corrected chi connectivity index (χ1v) is 7.64. The Kier molecular flexibility index (Phi) is 4.02. The minimum atomic E-state index is -0.517. The summed E-state index contributed by atoms with van der Waals surface area (Å²) in [6.45, 7) is 4.87. The van der Waals surface area contributed by atoms with Crippen molar-refractivity contribution >= 4 is 23.2 Å². The number of nitrogens with zero attached hydrogens (tertiary/aromatic N) is 1. The molecule has 2 unspecified atom stereocenters. The molecule has 2 aliphatic heterocycles. The van der Waals surface area contributed by atoms with Crippen LogP contribution in [-0.2, 0) is 14.3 Å². The Bertz CT molecular complexity index is 596. The molecular formula is C16H20N2O4. The van der Waals surface area contributed by atoms with Gasteiger partial charge in [-0.05, 0) is 38.8 Å². The first-order valence-electron chi connectivity index (χ1n) is 7.64. The summed E-state index contributed by atoms with van der Waals surface area (Å²) in [7, 11) is 0. The highest BCUT2D eigenvalue weighted by Crippen LogP contribution is 2.36. The number of carbonyl (C=O) groups excluding carboxylic acids is 2. The van der Waals surface area contributed by atoms with Crippen LogP contribution in [0.25, 0.3) is 0 Å². The smallest absolute Gasteiger partial charge is 0.267 e. The van der Waals surface area contributed by atoms with Gasteiger partial charge in [-0.1, -0.05) is 0 Å². The van der Waals surface area contributed by atoms with Crippen LogP contribution in [0.4, 0.5) is 11.4 Å². The van der Waals surface area contributed by atoms with Crippen molar-refractivity contribution in [3.63, 3.8) is 0 Å². The largest absolute Gasteiger partial charge is 0.479 e. The van der Waals surface area contributed by atoms with Crippen LogP contribution in [0.15, 0.2) is 18.2 Å². The van der Waals surface area contributed by atoms with E-state index < -0.39 is 6.10 Å². The van der Waals surface area contributed by atoms with Crippen molar-refractivity contribution in [3.8, 4) is 5.75 Å². The molecule has 1 saturated heterocycles. The van der Waals surface area contributed by atoms with E-state index in [0.717, 1.165) is 18.5 Å². The zero-order chi connectivity index (χ0) is 15.7. The summed E-state index contributed by atoms with van der Waals surface area (Å²) in [6.07, 6.45) is 0.778. The van der Waals surface area contributed by atoms with E-state index in [4.69, 9.17) is 9.47 Å². The number of hydrogen-bond acceptors (Lipinski definition) is 4. The van der Waals surface area contributed by atoms with Gasteiger partial charge >= 0.3 is 0 Å². The molecule has 1 aromatic rings. The molecule has 0 saturated carbocycles. The second-order valence-electron chi connectivity index (χ2n) is 5.52. The fourth-order valence-corrected chi connectivity index (χ4v) is 2.82. The van der Waals surface area contributed by atoms with Crippen LogP contribution in [0.2, 0.25) is 0 Å². The van der Waals surface area contributed by atoms with Gasteiger partial charge in [0.25, 0.3) is 11.8 Å². The number of benzene rings is 1. The lowest BCUT2D eigenvalue weighted by Crippen LogP contribution is -2.44. The molecule has 0 bridgehead atoms. The molecule has 2 heterocycles. The Morgan fingerprint density at radius 1 is 1.45 bits per heavy atom. The highest BCUT2D eigenvalue weighted by Gasteiger charge is 2.31. The summed E-state index contributed by atoms with van der Waals surface area (Å²) >= 11 is 0. The van der Waals surface area contributed by atoms with Crippen molar-refractivity contribution in [2.75, 3.05) is 23.4 Å². The summed E-state index contributed by atoms with van der Waals surface area (Å²) in [5, 5.41) is 2.85. The topological polar surface area (TPSA) is 67.9 Å². The standard InChI is InChI=1S/C16H20N2O4/c1-3-18-12-7-6-11(9-14(12)22-10(2)16(18)20)17-15(19)13-5-4-8-21-13/h6-7,9-10,13H,3-5,8H2,1-2H3,(H,17,19). The minimum Gasteiger partial charge on any atom is -0.479 e. The van der Waals surface area contributed by atoms with Crippen molar-refractivity contribution in [3.05, 3.63) is 18.2 Å². The Labute approximate surface area is 129 Å². The molecule has 2 aliphatic rings. The normalized spacial score (nSPS) is 23.9. The zero-order valence-corrected chi connectivity index (χ0v) is 12.8. The fourth-order valence-electron chi connectivity index (χ4n) is 2.82. The van der Waals surface area contributed by atoms with Crippen LogP contribution in [0.1, 0.15) is 26.7 Å². The van der Waals surface area contributed by atoms with Gasteiger partial charge in [0, 0.05) is 24.9 Å². The van der Waals surface area contributed by atoms with Crippen LogP contribution < -0.4 is 15.0 Å². The number of amides is 2. The Morgan fingerprint density at radius 2 is 2.27 bits per heavy atom. The number of anilines is 2. The number of ether oxygens (including phenoxy) is 2. The Morgan fingerprint density at radius 3 is 2.95 bits per heavy atom. The molecule has 22 heavy (non-hydrogen) atoms. The quantitative estimate of drug-likeness (QED) is 0.926. The maximum absolute atomic E-state index is 12.1. The zero-order valence-electron chi connectivity index (χ0n) is 12.8. The minimum absolute atomic E-state index is 0.0499. The molecule has 1 N–H and O–H groups in total. The van der Waals surface area contributed by atoms with Crippen molar-refractivity contribution in [2.45, 2.75) is 38.9 Å². The molecule has 6 nitrogen and oxygen atoms in total. The molecule has 0 spiro atoms. The van der Waals surface area contributed by atoms with E-state index in [-0.39, 0.29) is 17.9 Å². The fraction of sp³-hybridized carbons (Fsp3) is 0.500. The second kappa shape index (κ2) is 5.96. The number of rotatable bonds is 3. The van der Waals surface area contributed by atoms with Crippen LogP contribution in [-0.4, -0.2) is 37.2 Å². The molecular weight excluding hydrogens is 284 g/mol. The van der Waals surface area contributed by atoms with Gasteiger partial charge in [0.15, 0.2) is 6.10 Å². The third-order valence-electron chi connectivity index (χ3n) is 3.97. The molecule has 0 aliphatic carbocycles. The number of hydrogen-bond donors (Lipinski definition) is 1. The van der Waals surface area contributed by atoms with Gasteiger partial charge in [-0.25, -0.2) is 0 Å². The van der Waals surface area contributed by atoms with Gasteiger partial charge < -0.3 is 19.7 Å². The van der Waals surface area contributed by atoms with Crippen molar-refractivity contribution in [1.29, 1.82) is 0 Å². The summed E-state index contributed by atoms with van der Waals surface area (Å²) in [6, 6.07) is 5.34. The first-order chi connectivity index (χ1) is 10.6. The van der Waals surface area contributed by atoms with E-state index in [9.17, 15) is 9.59 Å². The maximum atomic E-state index is 12.1. The second-order valence-corrected chi connectivity index (χ2v) is 5.52. The van der Waals surface area contributed by atoms with Crippen molar-refractivity contribution in [1.82, 2.24) is 0 Å². The number of likely N-dealkylation sites (N-methyl/N-ethyl adjacent to an activating group) is 1. The lowest BCUT2D eigenvalue weighted by atomic mass is 10.1. The molecule has 0 aromatic heterocycles. The van der Waals surface area contributed by atoms with E-state index >= 15 is 0 Å². The summed E-state index contributed by atoms with van der Waals surface area (Å²) in [4.78, 5) is 25.8. The van der Waals surface area contributed by atoms with Crippen LogP contribution in [0.5, 0.6) is 5.75 Å². The lowest BCUT2D eigenvalue weighted by molar-refractivity contribution is -0.126. The first kappa shape index (κ1) is 14.8. The van der Waals surface area contributed by atoms with Crippen LogP contribution in [0.3, 0.4) is 0 Å². The lowest BCUT2D eigenvalue weighted by Gasteiger charge is -2.32. The summed E-state index contributed by atoms with van der Waals surface area (Å²) in [5.41, 5.74) is 1.39. The van der Waals surface area contributed by atoms with Gasteiger partial charge in [-0.2, -0.15) is 0 Å².